The van der Waals surface area contributed by atoms with Crippen LogP contribution in [-0.2, 0) is 4.79 Å². The van der Waals surface area contributed by atoms with Crippen molar-refractivity contribution in [2.75, 3.05) is 27.2 Å². The molecule has 104 valence electrons. The van der Waals surface area contributed by atoms with Crippen molar-refractivity contribution in [3.8, 4) is 0 Å². The highest BCUT2D eigenvalue weighted by Crippen LogP contribution is 2.32. The van der Waals surface area contributed by atoms with E-state index in [0.29, 0.717) is 6.54 Å². The molecule has 6 nitrogen and oxygen atoms in total. The molecule has 0 radical (unpaired) electrons. The number of likely N-dealkylation sites (N-methyl/N-ethyl adjacent to an activating group) is 2. The molecule has 0 saturated heterocycles. The number of aliphatic carboxylic acids is 1. The molecule has 0 bridgehead atoms. The molecule has 2 amide bonds. The summed E-state index contributed by atoms with van der Waals surface area (Å²) in [7, 11) is 3.55. The number of carbonyl (C=O) groups excluding carboxylic acids is 1. The summed E-state index contributed by atoms with van der Waals surface area (Å²) in [6.07, 6.45) is 3.48. The van der Waals surface area contributed by atoms with Crippen molar-refractivity contribution in [1.29, 1.82) is 0 Å². The maximum Gasteiger partial charge on any atom is 0.317 e. The Morgan fingerprint density at radius 2 is 1.94 bits per heavy atom. The van der Waals surface area contributed by atoms with Crippen LogP contribution in [0.2, 0.25) is 0 Å². The lowest BCUT2D eigenvalue weighted by molar-refractivity contribution is -0.138. The fourth-order valence-corrected chi connectivity index (χ4v) is 2.39. The third kappa shape index (κ3) is 4.18. The first-order valence-electron chi connectivity index (χ1n) is 6.39. The zero-order chi connectivity index (χ0) is 13.6. The van der Waals surface area contributed by atoms with Gasteiger partial charge in [-0.1, -0.05) is 12.8 Å². The van der Waals surface area contributed by atoms with Crippen LogP contribution in [0, 0.1) is 0 Å². The van der Waals surface area contributed by atoms with Gasteiger partial charge in [0.25, 0.3) is 0 Å². The lowest BCUT2D eigenvalue weighted by Crippen LogP contribution is -2.52. The molecule has 1 saturated carbocycles. The number of nitrogens with one attached hydrogen (secondary N) is 2. The Labute approximate surface area is 108 Å². The Morgan fingerprint density at radius 1 is 1.33 bits per heavy atom. The molecule has 1 fully saturated rings. The summed E-state index contributed by atoms with van der Waals surface area (Å²) in [5, 5.41) is 14.8. The van der Waals surface area contributed by atoms with E-state index in [2.05, 4.69) is 10.6 Å². The summed E-state index contributed by atoms with van der Waals surface area (Å²) >= 11 is 0. The minimum absolute atomic E-state index is 0.0125. The fourth-order valence-electron chi connectivity index (χ4n) is 2.39. The minimum atomic E-state index is -0.852. The van der Waals surface area contributed by atoms with Crippen molar-refractivity contribution < 1.29 is 14.7 Å². The Bertz CT molecular complexity index is 301. The van der Waals surface area contributed by atoms with E-state index in [1.807, 2.05) is 7.05 Å². The van der Waals surface area contributed by atoms with Gasteiger partial charge in [0.2, 0.25) is 0 Å². The number of amides is 2. The summed E-state index contributed by atoms with van der Waals surface area (Å²) in [5.41, 5.74) is -0.545. The number of nitrogens with zero attached hydrogens (tertiary/aromatic N) is 1. The third-order valence-electron chi connectivity index (χ3n) is 3.47. The predicted octanol–water partition coefficient (Wildman–Crippen LogP) is 0.635. The maximum atomic E-state index is 12.0. The van der Waals surface area contributed by atoms with E-state index in [1.165, 1.54) is 0 Å². The molecule has 0 aliphatic heterocycles. The average Bonchev–Trinajstić information content (AvgIpc) is 2.72. The fraction of sp³-hybridized carbons (Fsp3) is 0.833. The molecule has 0 heterocycles. The second kappa shape index (κ2) is 6.58. The van der Waals surface area contributed by atoms with E-state index in [-0.39, 0.29) is 12.5 Å². The van der Waals surface area contributed by atoms with Crippen LogP contribution in [0.25, 0.3) is 0 Å². The molecule has 0 unspecified atom stereocenters. The van der Waals surface area contributed by atoms with Gasteiger partial charge in [-0.3, -0.25) is 4.79 Å². The van der Waals surface area contributed by atoms with E-state index in [1.54, 1.807) is 11.9 Å². The Kier molecular flexibility index (Phi) is 5.40. The first-order valence-corrected chi connectivity index (χ1v) is 6.39. The van der Waals surface area contributed by atoms with Gasteiger partial charge in [0.1, 0.15) is 0 Å². The van der Waals surface area contributed by atoms with Gasteiger partial charge in [0.15, 0.2) is 0 Å². The standard InChI is InChI=1S/C12H23N3O3/c1-13-7-8-15(2)11(18)14-12(9-10(16)17)5-3-4-6-12/h13H,3-9H2,1-2H3,(H,14,18)(H,16,17). The van der Waals surface area contributed by atoms with Crippen LogP contribution < -0.4 is 10.6 Å². The van der Waals surface area contributed by atoms with Crippen molar-refractivity contribution >= 4 is 12.0 Å². The molecule has 1 aliphatic carbocycles. The van der Waals surface area contributed by atoms with Crippen molar-refractivity contribution in [3.63, 3.8) is 0 Å². The van der Waals surface area contributed by atoms with Crippen LogP contribution >= 0.6 is 0 Å². The zero-order valence-electron chi connectivity index (χ0n) is 11.2. The second-order valence-electron chi connectivity index (χ2n) is 5.01. The highest BCUT2D eigenvalue weighted by atomic mass is 16.4. The van der Waals surface area contributed by atoms with Gasteiger partial charge < -0.3 is 20.6 Å². The minimum Gasteiger partial charge on any atom is -0.481 e. The number of hydrogen-bond donors (Lipinski definition) is 3. The van der Waals surface area contributed by atoms with Crippen LogP contribution in [0.3, 0.4) is 0 Å². The Morgan fingerprint density at radius 3 is 2.44 bits per heavy atom. The van der Waals surface area contributed by atoms with E-state index in [9.17, 15) is 9.59 Å². The van der Waals surface area contributed by atoms with Crippen LogP contribution in [0.15, 0.2) is 0 Å². The second-order valence-corrected chi connectivity index (χ2v) is 5.01. The van der Waals surface area contributed by atoms with E-state index in [0.717, 1.165) is 32.2 Å². The molecule has 0 atom stereocenters. The highest BCUT2D eigenvalue weighted by Gasteiger charge is 2.37. The molecule has 0 aromatic heterocycles. The monoisotopic (exact) mass is 257 g/mol. The molecule has 6 heteroatoms. The first kappa shape index (κ1) is 14.8. The zero-order valence-corrected chi connectivity index (χ0v) is 11.2. The molecule has 0 aromatic carbocycles. The summed E-state index contributed by atoms with van der Waals surface area (Å²) in [4.78, 5) is 24.5. The summed E-state index contributed by atoms with van der Waals surface area (Å²) in [5.74, 6) is -0.852. The SMILES string of the molecule is CNCCN(C)C(=O)NC1(CC(=O)O)CCCC1. The summed E-state index contributed by atoms with van der Waals surface area (Å²) in [6, 6.07) is -0.187. The van der Waals surface area contributed by atoms with Crippen LogP contribution in [0.5, 0.6) is 0 Å². The normalized spacial score (nSPS) is 17.4. The molecule has 0 aromatic rings. The van der Waals surface area contributed by atoms with Crippen LogP contribution in [-0.4, -0.2) is 54.7 Å². The Hall–Kier alpha value is -1.30. The smallest absolute Gasteiger partial charge is 0.317 e. The van der Waals surface area contributed by atoms with Gasteiger partial charge in [-0.2, -0.15) is 0 Å². The van der Waals surface area contributed by atoms with Gasteiger partial charge in [-0.05, 0) is 19.9 Å². The number of carboxylic acid groups (broad SMARTS) is 1. The topological polar surface area (TPSA) is 81.7 Å². The lowest BCUT2D eigenvalue weighted by Gasteiger charge is -2.31. The third-order valence-corrected chi connectivity index (χ3v) is 3.47. The quantitative estimate of drug-likeness (QED) is 0.652. The van der Waals surface area contributed by atoms with Crippen molar-refractivity contribution in [1.82, 2.24) is 15.5 Å². The van der Waals surface area contributed by atoms with Gasteiger partial charge in [-0.25, -0.2) is 4.79 Å². The van der Waals surface area contributed by atoms with E-state index < -0.39 is 11.5 Å². The number of rotatable bonds is 6. The van der Waals surface area contributed by atoms with Crippen molar-refractivity contribution in [3.05, 3.63) is 0 Å². The number of urea groups is 1. The lowest BCUT2D eigenvalue weighted by atomic mass is 9.93. The average molecular weight is 257 g/mol. The number of hydrogen-bond acceptors (Lipinski definition) is 3. The maximum absolute atomic E-state index is 12.0. The van der Waals surface area contributed by atoms with Crippen molar-refractivity contribution in [2.24, 2.45) is 0 Å². The molecule has 3 N–H and O–H groups in total. The molecular weight excluding hydrogens is 234 g/mol. The van der Waals surface area contributed by atoms with Gasteiger partial charge in [0.05, 0.1) is 12.0 Å². The van der Waals surface area contributed by atoms with Crippen LogP contribution in [0.4, 0.5) is 4.79 Å². The molecule has 1 aliphatic rings. The van der Waals surface area contributed by atoms with E-state index >= 15 is 0 Å². The van der Waals surface area contributed by atoms with Crippen LogP contribution in [0.1, 0.15) is 32.1 Å². The molecular formula is C12H23N3O3. The molecule has 1 rings (SSSR count). The van der Waals surface area contributed by atoms with Gasteiger partial charge in [-0.15, -0.1) is 0 Å². The summed E-state index contributed by atoms with van der Waals surface area (Å²) in [6.45, 7) is 1.32. The van der Waals surface area contributed by atoms with Gasteiger partial charge in [0, 0.05) is 20.1 Å². The van der Waals surface area contributed by atoms with Crippen molar-refractivity contribution in [2.45, 2.75) is 37.6 Å². The van der Waals surface area contributed by atoms with E-state index in [4.69, 9.17) is 5.11 Å². The first-order chi connectivity index (χ1) is 8.49. The molecule has 0 spiro atoms. The van der Waals surface area contributed by atoms with Gasteiger partial charge >= 0.3 is 12.0 Å². The predicted molar refractivity (Wildman–Crippen MR) is 68.5 cm³/mol. The summed E-state index contributed by atoms with van der Waals surface area (Å²) < 4.78 is 0. The Balaban J connectivity index is 2.55. The number of carbonyl (C=O) groups is 2. The number of carboxylic acids is 1. The molecule has 18 heavy (non-hydrogen) atoms. The highest BCUT2D eigenvalue weighted by molar-refractivity contribution is 5.76. The largest absolute Gasteiger partial charge is 0.481 e.